The van der Waals surface area contributed by atoms with Crippen molar-refractivity contribution in [2.45, 2.75) is 13.8 Å². The van der Waals surface area contributed by atoms with E-state index in [1.54, 1.807) is 18.2 Å². The summed E-state index contributed by atoms with van der Waals surface area (Å²) in [6.45, 7) is 7.71. The Bertz CT molecular complexity index is 439. The van der Waals surface area contributed by atoms with Crippen LogP contribution >= 0.6 is 27.5 Å². The zero-order valence-corrected chi connectivity index (χ0v) is 14.1. The van der Waals surface area contributed by atoms with Gasteiger partial charge >= 0.3 is 0 Å². The van der Waals surface area contributed by atoms with E-state index in [1.807, 2.05) is 0 Å². The molecule has 0 fully saturated rings. The number of benzene rings is 1. The number of ether oxygens (including phenoxy) is 1. The largest absolute Gasteiger partial charge is 0.491 e. The minimum atomic E-state index is -0.115. The number of amides is 1. The van der Waals surface area contributed by atoms with Crippen LogP contribution in [0.2, 0.25) is 5.02 Å². The fraction of sp³-hybridized carbons (Fsp3) is 0.500. The number of nitrogens with zero attached hydrogens (tertiary/aromatic N) is 1. The van der Waals surface area contributed by atoms with Crippen LogP contribution in [0.25, 0.3) is 0 Å². The minimum Gasteiger partial charge on any atom is -0.491 e. The molecule has 1 amide bonds. The van der Waals surface area contributed by atoms with Crippen molar-refractivity contribution in [2.24, 2.45) is 0 Å². The minimum absolute atomic E-state index is 0.115. The van der Waals surface area contributed by atoms with Gasteiger partial charge in [0.2, 0.25) is 5.91 Å². The van der Waals surface area contributed by atoms with E-state index in [9.17, 15) is 4.79 Å². The third-order valence-corrected chi connectivity index (χ3v) is 3.70. The first-order chi connectivity index (χ1) is 9.60. The third-order valence-electron chi connectivity index (χ3n) is 2.90. The van der Waals surface area contributed by atoms with Gasteiger partial charge in [-0.3, -0.25) is 4.79 Å². The van der Waals surface area contributed by atoms with Gasteiger partial charge in [-0.25, -0.2) is 0 Å². The number of rotatable bonds is 8. The van der Waals surface area contributed by atoms with Crippen LogP contribution in [0.3, 0.4) is 0 Å². The van der Waals surface area contributed by atoms with Gasteiger partial charge in [-0.15, -0.1) is 0 Å². The van der Waals surface area contributed by atoms with Crippen molar-refractivity contribution in [2.75, 3.05) is 36.9 Å². The maximum atomic E-state index is 11.3. The van der Waals surface area contributed by atoms with Crippen LogP contribution in [0.1, 0.15) is 13.8 Å². The maximum absolute atomic E-state index is 11.3. The SMILES string of the molecule is CCN(CC)CCOc1ccc(NC(=O)CBr)cc1Cl. The lowest BCUT2D eigenvalue weighted by Gasteiger charge is -2.18. The van der Waals surface area contributed by atoms with Crippen LogP contribution in [-0.4, -0.2) is 42.4 Å². The van der Waals surface area contributed by atoms with Crippen molar-refractivity contribution in [3.8, 4) is 5.75 Å². The van der Waals surface area contributed by atoms with Crippen LogP contribution in [0, 0.1) is 0 Å². The highest BCUT2D eigenvalue weighted by Gasteiger charge is 2.06. The number of nitrogens with one attached hydrogen (secondary N) is 1. The molecule has 0 aliphatic carbocycles. The average molecular weight is 364 g/mol. The van der Waals surface area contributed by atoms with Crippen molar-refractivity contribution >= 4 is 39.1 Å². The summed E-state index contributed by atoms with van der Waals surface area (Å²) in [4.78, 5) is 13.5. The van der Waals surface area contributed by atoms with E-state index in [-0.39, 0.29) is 11.2 Å². The van der Waals surface area contributed by atoms with Crippen molar-refractivity contribution < 1.29 is 9.53 Å². The molecule has 0 aliphatic heterocycles. The molecule has 1 rings (SSSR count). The van der Waals surface area contributed by atoms with E-state index in [0.717, 1.165) is 19.6 Å². The Hall–Kier alpha value is -0.780. The summed E-state index contributed by atoms with van der Waals surface area (Å²) in [5, 5.41) is 3.47. The van der Waals surface area contributed by atoms with Crippen molar-refractivity contribution in [1.29, 1.82) is 0 Å². The van der Waals surface area contributed by atoms with Gasteiger partial charge in [0.05, 0.1) is 10.4 Å². The van der Waals surface area contributed by atoms with Gasteiger partial charge in [0, 0.05) is 12.2 Å². The van der Waals surface area contributed by atoms with Crippen molar-refractivity contribution in [1.82, 2.24) is 4.90 Å². The highest BCUT2D eigenvalue weighted by atomic mass is 79.9. The molecule has 112 valence electrons. The zero-order chi connectivity index (χ0) is 15.0. The predicted octanol–water partition coefficient (Wildman–Crippen LogP) is 3.39. The van der Waals surface area contributed by atoms with Gasteiger partial charge in [-0.2, -0.15) is 0 Å². The summed E-state index contributed by atoms with van der Waals surface area (Å²) in [5.41, 5.74) is 0.663. The number of carbonyl (C=O) groups excluding carboxylic acids is 1. The van der Waals surface area contributed by atoms with E-state index < -0.39 is 0 Å². The molecule has 4 nitrogen and oxygen atoms in total. The molecule has 0 unspecified atom stereocenters. The lowest BCUT2D eigenvalue weighted by Crippen LogP contribution is -2.27. The molecule has 0 spiro atoms. The monoisotopic (exact) mass is 362 g/mol. The van der Waals surface area contributed by atoms with Crippen LogP contribution < -0.4 is 10.1 Å². The number of hydrogen-bond acceptors (Lipinski definition) is 3. The normalized spacial score (nSPS) is 10.7. The molecule has 1 aromatic rings. The lowest BCUT2D eigenvalue weighted by molar-refractivity contribution is -0.113. The molecule has 20 heavy (non-hydrogen) atoms. The molecule has 0 heterocycles. The average Bonchev–Trinajstić information content (AvgIpc) is 2.45. The Balaban J connectivity index is 2.53. The zero-order valence-electron chi connectivity index (χ0n) is 11.8. The molecule has 0 aliphatic rings. The molecule has 0 radical (unpaired) electrons. The Morgan fingerprint density at radius 1 is 1.40 bits per heavy atom. The Morgan fingerprint density at radius 3 is 2.65 bits per heavy atom. The molecule has 1 aromatic carbocycles. The quantitative estimate of drug-likeness (QED) is 0.720. The van der Waals surface area contributed by atoms with Gasteiger partial charge < -0.3 is 15.0 Å². The highest BCUT2D eigenvalue weighted by molar-refractivity contribution is 9.09. The summed E-state index contributed by atoms with van der Waals surface area (Å²) in [7, 11) is 0. The summed E-state index contributed by atoms with van der Waals surface area (Å²) < 4.78 is 5.66. The van der Waals surface area contributed by atoms with Gasteiger partial charge in [0.1, 0.15) is 12.4 Å². The Labute approximate surface area is 133 Å². The smallest absolute Gasteiger partial charge is 0.235 e. The number of halogens is 2. The first-order valence-corrected chi connectivity index (χ1v) is 8.11. The first-order valence-electron chi connectivity index (χ1n) is 6.61. The highest BCUT2D eigenvalue weighted by Crippen LogP contribution is 2.27. The molecule has 6 heteroatoms. The van der Waals surface area contributed by atoms with E-state index in [0.29, 0.717) is 23.1 Å². The second-order valence-electron chi connectivity index (χ2n) is 4.20. The second kappa shape index (κ2) is 9.21. The number of anilines is 1. The van der Waals surface area contributed by atoms with Gasteiger partial charge in [-0.05, 0) is 31.3 Å². The van der Waals surface area contributed by atoms with E-state index >= 15 is 0 Å². The summed E-state index contributed by atoms with van der Waals surface area (Å²) in [5.74, 6) is 0.520. The van der Waals surface area contributed by atoms with Crippen molar-refractivity contribution in [3.05, 3.63) is 23.2 Å². The molecular formula is C14H20BrClN2O2. The third kappa shape index (κ3) is 5.69. The van der Waals surface area contributed by atoms with E-state index in [4.69, 9.17) is 16.3 Å². The second-order valence-corrected chi connectivity index (χ2v) is 5.17. The van der Waals surface area contributed by atoms with Crippen LogP contribution in [-0.2, 0) is 4.79 Å². The number of alkyl halides is 1. The number of carbonyl (C=O) groups is 1. The summed E-state index contributed by atoms with van der Waals surface area (Å²) in [6.07, 6.45) is 0. The van der Waals surface area contributed by atoms with Gasteiger partial charge in [-0.1, -0.05) is 41.4 Å². The van der Waals surface area contributed by atoms with Crippen LogP contribution in [0.15, 0.2) is 18.2 Å². The van der Waals surface area contributed by atoms with Crippen molar-refractivity contribution in [3.63, 3.8) is 0 Å². The standard InChI is InChI=1S/C14H20BrClN2O2/c1-3-18(4-2)7-8-20-13-6-5-11(9-12(13)16)17-14(19)10-15/h5-6,9H,3-4,7-8,10H2,1-2H3,(H,17,19). The van der Waals surface area contributed by atoms with E-state index in [1.165, 1.54) is 0 Å². The lowest BCUT2D eigenvalue weighted by atomic mass is 10.3. The number of hydrogen-bond donors (Lipinski definition) is 1. The van der Waals surface area contributed by atoms with Gasteiger partial charge in [0.25, 0.3) is 0 Å². The molecule has 0 bridgehead atoms. The first kappa shape index (κ1) is 17.3. The van der Waals surface area contributed by atoms with Gasteiger partial charge in [0.15, 0.2) is 0 Å². The molecule has 0 saturated heterocycles. The fourth-order valence-corrected chi connectivity index (χ4v) is 2.09. The van der Waals surface area contributed by atoms with E-state index in [2.05, 4.69) is 40.0 Å². The molecular weight excluding hydrogens is 344 g/mol. The molecule has 1 N–H and O–H groups in total. The maximum Gasteiger partial charge on any atom is 0.235 e. The summed E-state index contributed by atoms with van der Waals surface area (Å²) in [6, 6.07) is 5.24. The van der Waals surface area contributed by atoms with Crippen LogP contribution in [0.5, 0.6) is 5.75 Å². The van der Waals surface area contributed by atoms with Crippen LogP contribution in [0.4, 0.5) is 5.69 Å². The molecule has 0 atom stereocenters. The Morgan fingerprint density at radius 2 is 2.10 bits per heavy atom. The topological polar surface area (TPSA) is 41.6 Å². The summed E-state index contributed by atoms with van der Waals surface area (Å²) >= 11 is 9.23. The Kier molecular flexibility index (Phi) is 7.95. The molecule has 0 saturated carbocycles. The fourth-order valence-electron chi connectivity index (χ4n) is 1.71. The predicted molar refractivity (Wildman–Crippen MR) is 87.2 cm³/mol. The molecule has 0 aromatic heterocycles. The number of likely N-dealkylation sites (N-methyl/N-ethyl adjacent to an activating group) is 1.